The molecule has 0 aliphatic heterocycles. The molecule has 1 aromatic rings. The molecule has 1 N–H and O–H groups in total. The molecule has 0 fully saturated rings. The number of phosphoric acid groups is 1. The molecule has 0 aliphatic rings. The monoisotopic (exact) mass is 274 g/mol. The molecule has 18 heavy (non-hydrogen) atoms. The van der Waals surface area contributed by atoms with Gasteiger partial charge in [0.1, 0.15) is 5.75 Å². The molecule has 1 atom stereocenters. The Bertz CT molecular complexity index is 368. The van der Waals surface area contributed by atoms with E-state index >= 15 is 0 Å². The third-order valence-electron chi connectivity index (χ3n) is 2.00. The zero-order valence-corrected chi connectivity index (χ0v) is 11.3. The minimum Gasteiger partial charge on any atom is -0.404 e. The summed E-state index contributed by atoms with van der Waals surface area (Å²) in [5.41, 5.74) is 0. The Labute approximate surface area is 107 Å². The average Bonchev–Trinajstić information content (AvgIpc) is 2.34. The SMILES string of the molecule is CCCOCCCOP(=O)(O)Oc1ccccc1. The van der Waals surface area contributed by atoms with Crippen LogP contribution >= 0.6 is 7.82 Å². The maximum Gasteiger partial charge on any atom is 0.527 e. The molecule has 102 valence electrons. The highest BCUT2D eigenvalue weighted by atomic mass is 31.2. The van der Waals surface area contributed by atoms with E-state index in [1.54, 1.807) is 30.3 Å². The molecule has 1 rings (SSSR count). The van der Waals surface area contributed by atoms with Crippen LogP contribution in [0.1, 0.15) is 19.8 Å². The lowest BCUT2D eigenvalue weighted by Crippen LogP contribution is -2.03. The zero-order chi connectivity index (χ0) is 13.3. The molecule has 0 bridgehead atoms. The van der Waals surface area contributed by atoms with Gasteiger partial charge < -0.3 is 9.26 Å². The van der Waals surface area contributed by atoms with Gasteiger partial charge in [-0.3, -0.25) is 9.42 Å². The first-order valence-electron chi connectivity index (χ1n) is 5.94. The summed E-state index contributed by atoms with van der Waals surface area (Å²) in [6.07, 6.45) is 1.51. The Morgan fingerprint density at radius 3 is 2.56 bits per heavy atom. The van der Waals surface area contributed by atoms with E-state index in [4.69, 9.17) is 13.8 Å². The average molecular weight is 274 g/mol. The summed E-state index contributed by atoms with van der Waals surface area (Å²) in [6.45, 7) is 3.35. The van der Waals surface area contributed by atoms with E-state index in [0.29, 0.717) is 25.4 Å². The van der Waals surface area contributed by atoms with E-state index in [-0.39, 0.29) is 6.61 Å². The van der Waals surface area contributed by atoms with Gasteiger partial charge in [-0.1, -0.05) is 25.1 Å². The van der Waals surface area contributed by atoms with Crippen LogP contribution in [-0.4, -0.2) is 24.7 Å². The first-order valence-corrected chi connectivity index (χ1v) is 7.43. The summed E-state index contributed by atoms with van der Waals surface area (Å²) in [7, 11) is -4.03. The van der Waals surface area contributed by atoms with E-state index in [0.717, 1.165) is 6.42 Å². The number of para-hydroxylation sites is 1. The normalized spacial score (nSPS) is 14.1. The van der Waals surface area contributed by atoms with Gasteiger partial charge in [-0.05, 0) is 25.0 Å². The van der Waals surface area contributed by atoms with E-state index in [2.05, 4.69) is 0 Å². The molecule has 0 radical (unpaired) electrons. The molecule has 0 aromatic heterocycles. The van der Waals surface area contributed by atoms with Crippen LogP contribution in [0.3, 0.4) is 0 Å². The van der Waals surface area contributed by atoms with Crippen LogP contribution in [0.25, 0.3) is 0 Å². The van der Waals surface area contributed by atoms with Gasteiger partial charge in [-0.25, -0.2) is 4.57 Å². The molecule has 5 nitrogen and oxygen atoms in total. The molecule has 0 saturated carbocycles. The molecule has 0 heterocycles. The summed E-state index contributed by atoms with van der Waals surface area (Å²) in [5.74, 6) is 0.311. The Hall–Kier alpha value is -0.870. The third kappa shape index (κ3) is 6.77. The molecule has 6 heteroatoms. The maximum atomic E-state index is 11.5. The van der Waals surface area contributed by atoms with Gasteiger partial charge in [-0.15, -0.1) is 0 Å². The van der Waals surface area contributed by atoms with Gasteiger partial charge in [0.25, 0.3) is 0 Å². The second-order valence-electron chi connectivity index (χ2n) is 3.67. The Kier molecular flexibility index (Phi) is 6.98. The highest BCUT2D eigenvalue weighted by molar-refractivity contribution is 7.47. The lowest BCUT2D eigenvalue weighted by atomic mass is 10.3. The molecule has 1 unspecified atom stereocenters. The number of hydrogen-bond donors (Lipinski definition) is 1. The van der Waals surface area contributed by atoms with Gasteiger partial charge in [0.2, 0.25) is 0 Å². The molecule has 1 aromatic carbocycles. The molecule has 0 spiro atoms. The second-order valence-corrected chi connectivity index (χ2v) is 5.05. The van der Waals surface area contributed by atoms with Crippen molar-refractivity contribution < 1.29 is 23.2 Å². The Morgan fingerprint density at radius 2 is 1.89 bits per heavy atom. The van der Waals surface area contributed by atoms with Crippen molar-refractivity contribution in [1.82, 2.24) is 0 Å². The topological polar surface area (TPSA) is 65.0 Å². The van der Waals surface area contributed by atoms with Crippen molar-refractivity contribution in [3.05, 3.63) is 30.3 Å². The third-order valence-corrected chi connectivity index (χ3v) is 2.95. The van der Waals surface area contributed by atoms with Crippen LogP contribution in [0, 0.1) is 0 Å². The van der Waals surface area contributed by atoms with Crippen LogP contribution < -0.4 is 4.52 Å². The minimum absolute atomic E-state index is 0.129. The van der Waals surface area contributed by atoms with Crippen molar-refractivity contribution in [3.63, 3.8) is 0 Å². The number of hydrogen-bond acceptors (Lipinski definition) is 4. The number of ether oxygens (including phenoxy) is 1. The van der Waals surface area contributed by atoms with Crippen molar-refractivity contribution in [2.75, 3.05) is 19.8 Å². The van der Waals surface area contributed by atoms with Crippen molar-refractivity contribution in [1.29, 1.82) is 0 Å². The lowest BCUT2D eigenvalue weighted by Gasteiger charge is -2.12. The smallest absolute Gasteiger partial charge is 0.404 e. The fourth-order valence-electron chi connectivity index (χ4n) is 1.23. The van der Waals surface area contributed by atoms with Crippen LogP contribution in [-0.2, 0) is 13.8 Å². The standard InChI is InChI=1S/C12H19O5P/c1-2-9-15-10-6-11-16-18(13,14)17-12-7-4-3-5-8-12/h3-5,7-8H,2,6,9-11H2,1H3,(H,13,14). The van der Waals surface area contributed by atoms with Gasteiger partial charge in [-0.2, -0.15) is 0 Å². The summed E-state index contributed by atoms with van der Waals surface area (Å²) in [6, 6.07) is 8.41. The van der Waals surface area contributed by atoms with Crippen LogP contribution in [0.2, 0.25) is 0 Å². The van der Waals surface area contributed by atoms with E-state index in [9.17, 15) is 9.46 Å². The predicted octanol–water partition coefficient (Wildman–Crippen LogP) is 3.00. The van der Waals surface area contributed by atoms with Crippen molar-refractivity contribution in [2.45, 2.75) is 19.8 Å². The van der Waals surface area contributed by atoms with E-state index in [1.165, 1.54) is 0 Å². The van der Waals surface area contributed by atoms with Crippen LogP contribution in [0.15, 0.2) is 30.3 Å². The van der Waals surface area contributed by atoms with Crippen LogP contribution in [0.4, 0.5) is 0 Å². The number of phosphoric ester groups is 1. The second kappa shape index (κ2) is 8.27. The van der Waals surface area contributed by atoms with E-state index < -0.39 is 7.82 Å². The fraction of sp³-hybridized carbons (Fsp3) is 0.500. The van der Waals surface area contributed by atoms with Gasteiger partial charge in [0.05, 0.1) is 6.61 Å². The molecule has 0 amide bonds. The van der Waals surface area contributed by atoms with Gasteiger partial charge >= 0.3 is 7.82 Å². The lowest BCUT2D eigenvalue weighted by molar-refractivity contribution is 0.113. The largest absolute Gasteiger partial charge is 0.527 e. The molecule has 0 saturated heterocycles. The van der Waals surface area contributed by atoms with Gasteiger partial charge in [0.15, 0.2) is 0 Å². The van der Waals surface area contributed by atoms with Crippen molar-refractivity contribution in [2.24, 2.45) is 0 Å². The Balaban J connectivity index is 2.21. The van der Waals surface area contributed by atoms with Gasteiger partial charge in [0, 0.05) is 13.2 Å². The first-order chi connectivity index (χ1) is 8.64. The summed E-state index contributed by atoms with van der Waals surface area (Å²) in [4.78, 5) is 9.44. The highest BCUT2D eigenvalue weighted by Crippen LogP contribution is 2.43. The zero-order valence-electron chi connectivity index (χ0n) is 10.4. The quantitative estimate of drug-likeness (QED) is 0.554. The summed E-state index contributed by atoms with van der Waals surface area (Å²) >= 11 is 0. The molecule has 0 aliphatic carbocycles. The fourth-order valence-corrected chi connectivity index (χ4v) is 2.03. The summed E-state index contributed by atoms with van der Waals surface area (Å²) in [5, 5.41) is 0. The van der Waals surface area contributed by atoms with Crippen molar-refractivity contribution in [3.8, 4) is 5.75 Å². The summed E-state index contributed by atoms with van der Waals surface area (Å²) < 4.78 is 26.5. The Morgan fingerprint density at radius 1 is 1.17 bits per heavy atom. The van der Waals surface area contributed by atoms with E-state index in [1.807, 2.05) is 6.92 Å². The first kappa shape index (κ1) is 15.2. The number of rotatable bonds is 9. The van der Waals surface area contributed by atoms with Crippen LogP contribution in [0.5, 0.6) is 5.75 Å². The highest BCUT2D eigenvalue weighted by Gasteiger charge is 2.22. The predicted molar refractivity (Wildman–Crippen MR) is 68.6 cm³/mol. The maximum absolute atomic E-state index is 11.5. The minimum atomic E-state index is -4.03. The van der Waals surface area contributed by atoms with Crippen molar-refractivity contribution >= 4 is 7.82 Å². The molecular formula is C12H19O5P. The number of benzene rings is 1. The molecular weight excluding hydrogens is 255 g/mol.